The minimum absolute atomic E-state index is 0.123. The molecule has 0 unspecified atom stereocenters. The van der Waals surface area contributed by atoms with Crippen LogP contribution in [0.1, 0.15) is 40.5 Å². The SMILES string of the molecule is CC(=O)Nc1ccc(C(=O)COC(=O)c2ccc(OC[C@@H]3CCCO3)cc2)cc1. The molecule has 3 rings (SSSR count). The Morgan fingerprint density at radius 3 is 2.34 bits per heavy atom. The van der Waals surface area contributed by atoms with Crippen LogP contribution in [0.2, 0.25) is 0 Å². The molecular formula is C22H23NO6. The van der Waals surface area contributed by atoms with E-state index in [0.717, 1.165) is 19.4 Å². The molecule has 1 heterocycles. The lowest BCUT2D eigenvalue weighted by molar-refractivity contribution is -0.114. The summed E-state index contributed by atoms with van der Waals surface area (Å²) in [5, 5.41) is 2.62. The maximum atomic E-state index is 12.2. The van der Waals surface area contributed by atoms with Gasteiger partial charge in [-0.3, -0.25) is 9.59 Å². The van der Waals surface area contributed by atoms with E-state index >= 15 is 0 Å². The molecule has 1 amide bonds. The second-order valence-corrected chi connectivity index (χ2v) is 6.73. The first-order valence-electron chi connectivity index (χ1n) is 9.44. The normalized spacial score (nSPS) is 15.6. The highest BCUT2D eigenvalue weighted by atomic mass is 16.5. The van der Waals surface area contributed by atoms with Gasteiger partial charge in [0.15, 0.2) is 12.4 Å². The first kappa shape index (κ1) is 20.5. The van der Waals surface area contributed by atoms with Crippen molar-refractivity contribution in [2.45, 2.75) is 25.9 Å². The van der Waals surface area contributed by atoms with Gasteiger partial charge in [-0.15, -0.1) is 0 Å². The summed E-state index contributed by atoms with van der Waals surface area (Å²) in [6, 6.07) is 12.9. The molecule has 1 saturated heterocycles. The Hall–Kier alpha value is -3.19. The van der Waals surface area contributed by atoms with E-state index < -0.39 is 5.97 Å². The molecule has 1 fully saturated rings. The molecule has 0 radical (unpaired) electrons. The van der Waals surface area contributed by atoms with Gasteiger partial charge in [-0.2, -0.15) is 0 Å². The molecule has 7 heteroatoms. The Morgan fingerprint density at radius 1 is 1.03 bits per heavy atom. The number of Topliss-reactive ketones (excluding diaryl/α,β-unsaturated/α-hetero) is 1. The summed E-state index contributed by atoms with van der Waals surface area (Å²) < 4.78 is 16.3. The molecule has 152 valence electrons. The quantitative estimate of drug-likeness (QED) is 0.543. The van der Waals surface area contributed by atoms with Crippen LogP contribution in [0, 0.1) is 0 Å². The molecule has 0 spiro atoms. The number of benzene rings is 2. The number of rotatable bonds is 8. The summed E-state index contributed by atoms with van der Waals surface area (Å²) in [5.74, 6) is -0.461. The molecule has 0 aromatic heterocycles. The smallest absolute Gasteiger partial charge is 0.338 e. The highest BCUT2D eigenvalue weighted by Crippen LogP contribution is 2.17. The number of ether oxygens (including phenoxy) is 3. The van der Waals surface area contributed by atoms with Gasteiger partial charge in [-0.05, 0) is 61.4 Å². The largest absolute Gasteiger partial charge is 0.491 e. The van der Waals surface area contributed by atoms with Crippen LogP contribution in [0.15, 0.2) is 48.5 Å². The van der Waals surface area contributed by atoms with Gasteiger partial charge in [-0.25, -0.2) is 4.79 Å². The standard InChI is InChI=1S/C22H23NO6/c1-15(24)23-18-8-4-16(5-9-18)21(25)14-29-22(26)17-6-10-19(11-7-17)28-13-20-3-2-12-27-20/h4-11,20H,2-3,12-14H2,1H3,(H,23,24)/t20-/m0/s1. The van der Waals surface area contributed by atoms with Crippen molar-refractivity contribution in [2.24, 2.45) is 0 Å². The van der Waals surface area contributed by atoms with Gasteiger partial charge >= 0.3 is 5.97 Å². The fourth-order valence-electron chi connectivity index (χ4n) is 2.89. The van der Waals surface area contributed by atoms with Crippen molar-refractivity contribution in [1.82, 2.24) is 0 Å². The Balaban J connectivity index is 1.46. The summed E-state index contributed by atoms with van der Waals surface area (Å²) >= 11 is 0. The summed E-state index contributed by atoms with van der Waals surface area (Å²) in [6.45, 7) is 2.30. The highest BCUT2D eigenvalue weighted by Gasteiger charge is 2.16. The highest BCUT2D eigenvalue weighted by molar-refractivity contribution is 6.00. The van der Waals surface area contributed by atoms with Gasteiger partial charge in [0.2, 0.25) is 5.91 Å². The van der Waals surface area contributed by atoms with Crippen molar-refractivity contribution >= 4 is 23.3 Å². The van der Waals surface area contributed by atoms with Crippen LogP contribution in [-0.2, 0) is 14.3 Å². The van der Waals surface area contributed by atoms with Crippen molar-refractivity contribution in [3.8, 4) is 5.75 Å². The van der Waals surface area contributed by atoms with Crippen molar-refractivity contribution < 1.29 is 28.6 Å². The summed E-state index contributed by atoms with van der Waals surface area (Å²) in [7, 11) is 0. The van der Waals surface area contributed by atoms with Crippen LogP contribution in [0.25, 0.3) is 0 Å². The maximum absolute atomic E-state index is 12.2. The van der Waals surface area contributed by atoms with E-state index in [9.17, 15) is 14.4 Å². The first-order chi connectivity index (χ1) is 14.0. The Kier molecular flexibility index (Phi) is 6.97. The molecule has 7 nitrogen and oxygen atoms in total. The van der Waals surface area contributed by atoms with Crippen molar-refractivity contribution in [1.29, 1.82) is 0 Å². The third kappa shape index (κ3) is 6.15. The molecule has 2 aromatic carbocycles. The average Bonchev–Trinajstić information content (AvgIpc) is 3.24. The number of hydrogen-bond acceptors (Lipinski definition) is 6. The predicted molar refractivity (Wildman–Crippen MR) is 106 cm³/mol. The van der Waals surface area contributed by atoms with Crippen LogP contribution in [-0.4, -0.2) is 43.6 Å². The van der Waals surface area contributed by atoms with E-state index in [1.165, 1.54) is 6.92 Å². The lowest BCUT2D eigenvalue weighted by Gasteiger charge is -2.11. The fraction of sp³-hybridized carbons (Fsp3) is 0.318. The minimum atomic E-state index is -0.584. The number of hydrogen-bond donors (Lipinski definition) is 1. The number of anilines is 1. The van der Waals surface area contributed by atoms with Crippen LogP contribution in [0.5, 0.6) is 5.75 Å². The molecule has 1 N–H and O–H groups in total. The number of carbonyl (C=O) groups is 3. The molecule has 0 saturated carbocycles. The molecule has 0 aliphatic carbocycles. The zero-order valence-corrected chi connectivity index (χ0v) is 16.2. The lowest BCUT2D eigenvalue weighted by atomic mass is 10.1. The Morgan fingerprint density at radius 2 is 1.72 bits per heavy atom. The van der Waals surface area contributed by atoms with E-state index in [1.807, 2.05) is 0 Å². The zero-order valence-electron chi connectivity index (χ0n) is 16.2. The van der Waals surface area contributed by atoms with Crippen molar-refractivity contribution in [2.75, 3.05) is 25.1 Å². The van der Waals surface area contributed by atoms with Crippen LogP contribution in [0.4, 0.5) is 5.69 Å². The van der Waals surface area contributed by atoms with Gasteiger partial charge in [0.25, 0.3) is 0 Å². The fourth-order valence-corrected chi connectivity index (χ4v) is 2.89. The molecule has 1 aliphatic heterocycles. The van der Waals surface area contributed by atoms with Crippen LogP contribution >= 0.6 is 0 Å². The summed E-state index contributed by atoms with van der Waals surface area (Å²) in [4.78, 5) is 35.3. The van der Waals surface area contributed by atoms with Crippen molar-refractivity contribution in [3.05, 3.63) is 59.7 Å². The van der Waals surface area contributed by atoms with Crippen molar-refractivity contribution in [3.63, 3.8) is 0 Å². The third-order valence-electron chi connectivity index (χ3n) is 4.41. The predicted octanol–water partition coefficient (Wildman–Crippen LogP) is 3.24. The van der Waals surface area contributed by atoms with E-state index in [4.69, 9.17) is 14.2 Å². The molecule has 0 bridgehead atoms. The molecule has 29 heavy (non-hydrogen) atoms. The van der Waals surface area contributed by atoms with E-state index in [1.54, 1.807) is 48.5 Å². The number of ketones is 1. The average molecular weight is 397 g/mol. The molecule has 1 atom stereocenters. The lowest BCUT2D eigenvalue weighted by Crippen LogP contribution is -2.16. The molecular weight excluding hydrogens is 374 g/mol. The topological polar surface area (TPSA) is 90.9 Å². The van der Waals surface area contributed by atoms with E-state index in [2.05, 4.69) is 5.32 Å². The number of amides is 1. The third-order valence-corrected chi connectivity index (χ3v) is 4.41. The van der Waals surface area contributed by atoms with Gasteiger partial charge in [-0.1, -0.05) is 0 Å². The summed E-state index contributed by atoms with van der Waals surface area (Å²) in [5.41, 5.74) is 1.32. The second-order valence-electron chi connectivity index (χ2n) is 6.73. The van der Waals surface area contributed by atoms with Crippen LogP contribution in [0.3, 0.4) is 0 Å². The Bertz CT molecular complexity index is 854. The monoisotopic (exact) mass is 397 g/mol. The minimum Gasteiger partial charge on any atom is -0.491 e. The van der Waals surface area contributed by atoms with Gasteiger partial charge in [0.1, 0.15) is 12.4 Å². The van der Waals surface area contributed by atoms with E-state index in [0.29, 0.717) is 29.2 Å². The summed E-state index contributed by atoms with van der Waals surface area (Å²) in [6.07, 6.45) is 2.17. The Labute approximate surface area is 169 Å². The van der Waals surface area contributed by atoms with Gasteiger partial charge in [0, 0.05) is 24.8 Å². The molecule has 2 aromatic rings. The first-order valence-corrected chi connectivity index (χ1v) is 9.44. The number of carbonyl (C=O) groups excluding carboxylic acids is 3. The van der Waals surface area contributed by atoms with Gasteiger partial charge in [0.05, 0.1) is 11.7 Å². The van der Waals surface area contributed by atoms with E-state index in [-0.39, 0.29) is 24.4 Å². The van der Waals surface area contributed by atoms with Crippen LogP contribution < -0.4 is 10.1 Å². The van der Waals surface area contributed by atoms with Gasteiger partial charge < -0.3 is 19.5 Å². The maximum Gasteiger partial charge on any atom is 0.338 e. The molecule has 1 aliphatic rings. The number of esters is 1. The zero-order chi connectivity index (χ0) is 20.6. The second kappa shape index (κ2) is 9.84. The number of nitrogens with one attached hydrogen (secondary N) is 1.